The molecule has 0 radical (unpaired) electrons. The highest BCUT2D eigenvalue weighted by Crippen LogP contribution is 2.10. The van der Waals surface area contributed by atoms with Crippen LogP contribution in [0.3, 0.4) is 0 Å². The maximum atomic E-state index is 13.0. The molecule has 0 spiro atoms. The fourth-order valence-electron chi connectivity index (χ4n) is 0.961. The van der Waals surface area contributed by atoms with Gasteiger partial charge in [0.1, 0.15) is 9.35 Å². The first-order chi connectivity index (χ1) is 5.29. The molecule has 0 atom stereocenters. The summed E-state index contributed by atoms with van der Waals surface area (Å²) in [4.78, 5) is 3.99. The van der Waals surface area contributed by atoms with E-state index in [4.69, 9.17) is 0 Å². The summed E-state index contributed by atoms with van der Waals surface area (Å²) in [6.07, 6.45) is 1.64. The third-order valence-electron chi connectivity index (χ3n) is 1.44. The van der Waals surface area contributed by atoms with E-state index in [2.05, 4.69) is 4.98 Å². The highest BCUT2D eigenvalue weighted by atomic mass is 127. The number of halogens is 2. The average Bonchev–Trinajstić information content (AvgIpc) is 2.34. The van der Waals surface area contributed by atoms with Crippen molar-refractivity contribution in [2.75, 3.05) is 0 Å². The Labute approximate surface area is 76.2 Å². The number of aromatic nitrogens is 2. The first kappa shape index (κ1) is 7.02. The average molecular weight is 262 g/mol. The summed E-state index contributed by atoms with van der Waals surface area (Å²) >= 11 is 2.04. The summed E-state index contributed by atoms with van der Waals surface area (Å²) in [7, 11) is 0. The number of pyridine rings is 1. The lowest BCUT2D eigenvalue weighted by Gasteiger charge is -1.94. The monoisotopic (exact) mass is 262 g/mol. The zero-order valence-corrected chi connectivity index (χ0v) is 7.62. The van der Waals surface area contributed by atoms with Gasteiger partial charge in [-0.15, -0.1) is 0 Å². The molecule has 2 aromatic heterocycles. The fourth-order valence-corrected chi connectivity index (χ4v) is 1.58. The third-order valence-corrected chi connectivity index (χ3v) is 2.20. The maximum absolute atomic E-state index is 13.0. The van der Waals surface area contributed by atoms with E-state index in [1.54, 1.807) is 18.3 Å². The van der Waals surface area contributed by atoms with Crippen molar-refractivity contribution in [1.29, 1.82) is 0 Å². The van der Waals surface area contributed by atoms with Crippen LogP contribution >= 0.6 is 22.6 Å². The summed E-state index contributed by atoms with van der Waals surface area (Å²) < 4.78 is 15.2. The van der Waals surface area contributed by atoms with Crippen LogP contribution in [0.5, 0.6) is 0 Å². The molecular formula is C7H4FIN2. The Balaban J connectivity index is 2.96. The van der Waals surface area contributed by atoms with Crippen molar-refractivity contribution >= 4 is 28.2 Å². The fraction of sp³-hybridized carbons (Fsp3) is 0. The van der Waals surface area contributed by atoms with Gasteiger partial charge in [-0.05, 0) is 34.7 Å². The molecule has 0 bridgehead atoms. The van der Waals surface area contributed by atoms with Crippen molar-refractivity contribution in [3.63, 3.8) is 0 Å². The van der Waals surface area contributed by atoms with E-state index < -0.39 is 0 Å². The van der Waals surface area contributed by atoms with E-state index in [9.17, 15) is 4.39 Å². The van der Waals surface area contributed by atoms with Gasteiger partial charge in [0.25, 0.3) is 0 Å². The molecule has 0 unspecified atom stereocenters. The van der Waals surface area contributed by atoms with Crippen molar-refractivity contribution in [1.82, 2.24) is 9.38 Å². The number of imidazole rings is 1. The predicted octanol–water partition coefficient (Wildman–Crippen LogP) is 2.08. The molecule has 0 fully saturated rings. The van der Waals surface area contributed by atoms with Crippen molar-refractivity contribution in [3.05, 3.63) is 34.0 Å². The van der Waals surface area contributed by atoms with Crippen LogP contribution in [-0.2, 0) is 0 Å². The topological polar surface area (TPSA) is 17.3 Å². The largest absolute Gasteiger partial charge is 0.263 e. The van der Waals surface area contributed by atoms with Gasteiger partial charge in [-0.3, -0.25) is 4.40 Å². The Morgan fingerprint density at radius 2 is 2.27 bits per heavy atom. The number of fused-ring (bicyclic) bond motifs is 1. The predicted molar refractivity (Wildman–Crippen MR) is 47.9 cm³/mol. The van der Waals surface area contributed by atoms with Crippen LogP contribution in [0.1, 0.15) is 0 Å². The Kier molecular flexibility index (Phi) is 1.56. The minimum Gasteiger partial charge on any atom is -0.263 e. The Morgan fingerprint density at radius 3 is 3.00 bits per heavy atom. The van der Waals surface area contributed by atoms with E-state index >= 15 is 0 Å². The van der Waals surface area contributed by atoms with E-state index in [1.165, 1.54) is 10.5 Å². The summed E-state index contributed by atoms with van der Waals surface area (Å²) in [5.41, 5.74) is 0.648. The second-order valence-electron chi connectivity index (χ2n) is 2.12. The van der Waals surface area contributed by atoms with Crippen molar-refractivity contribution < 1.29 is 4.39 Å². The Hall–Kier alpha value is -0.650. The molecule has 11 heavy (non-hydrogen) atoms. The van der Waals surface area contributed by atoms with Crippen LogP contribution in [0.15, 0.2) is 24.4 Å². The minimum absolute atomic E-state index is 0.274. The molecule has 2 heterocycles. The number of hydrogen-bond donors (Lipinski definition) is 0. The quantitative estimate of drug-likeness (QED) is 0.524. The van der Waals surface area contributed by atoms with Crippen LogP contribution < -0.4 is 0 Å². The van der Waals surface area contributed by atoms with Crippen molar-refractivity contribution in [2.45, 2.75) is 0 Å². The standard InChI is InChI=1S/C7H4FIN2/c8-5-2-1-3-7-10-4-6(9)11(5)7/h1-4H. The summed E-state index contributed by atoms with van der Waals surface area (Å²) in [6, 6.07) is 4.83. The summed E-state index contributed by atoms with van der Waals surface area (Å²) in [6.45, 7) is 0. The first-order valence-corrected chi connectivity index (χ1v) is 4.14. The smallest absolute Gasteiger partial charge is 0.200 e. The maximum Gasteiger partial charge on any atom is 0.200 e. The molecule has 0 aromatic carbocycles. The molecule has 0 amide bonds. The molecule has 0 aliphatic carbocycles. The van der Waals surface area contributed by atoms with E-state index in [0.717, 1.165) is 3.70 Å². The second kappa shape index (κ2) is 2.44. The van der Waals surface area contributed by atoms with Gasteiger partial charge in [-0.25, -0.2) is 4.98 Å². The number of nitrogens with zero attached hydrogens (tertiary/aromatic N) is 2. The Bertz CT molecular complexity index is 396. The second-order valence-corrected chi connectivity index (χ2v) is 3.23. The third kappa shape index (κ3) is 1.01. The van der Waals surface area contributed by atoms with Crippen LogP contribution in [0.4, 0.5) is 4.39 Å². The Morgan fingerprint density at radius 1 is 1.45 bits per heavy atom. The van der Waals surface area contributed by atoms with Crippen LogP contribution in [-0.4, -0.2) is 9.38 Å². The molecular weight excluding hydrogens is 258 g/mol. The normalized spacial score (nSPS) is 10.7. The molecule has 2 aromatic rings. The van der Waals surface area contributed by atoms with Gasteiger partial charge in [0.15, 0.2) is 5.95 Å². The summed E-state index contributed by atoms with van der Waals surface area (Å²) in [5, 5.41) is 0. The lowest BCUT2D eigenvalue weighted by atomic mass is 10.5. The van der Waals surface area contributed by atoms with Gasteiger partial charge in [0.05, 0.1) is 6.20 Å². The molecule has 4 heteroatoms. The van der Waals surface area contributed by atoms with Crippen molar-refractivity contribution in [3.8, 4) is 0 Å². The highest BCUT2D eigenvalue weighted by molar-refractivity contribution is 14.1. The molecule has 2 rings (SSSR count). The molecule has 0 N–H and O–H groups in total. The van der Waals surface area contributed by atoms with Crippen molar-refractivity contribution in [2.24, 2.45) is 0 Å². The zero-order valence-electron chi connectivity index (χ0n) is 5.46. The molecule has 0 saturated carbocycles. The highest BCUT2D eigenvalue weighted by Gasteiger charge is 2.02. The summed E-state index contributed by atoms with van der Waals surface area (Å²) in [5.74, 6) is -0.274. The lowest BCUT2D eigenvalue weighted by Crippen LogP contribution is -1.92. The van der Waals surface area contributed by atoms with Gasteiger partial charge < -0.3 is 0 Å². The van der Waals surface area contributed by atoms with Gasteiger partial charge in [-0.2, -0.15) is 4.39 Å². The molecule has 56 valence electrons. The SMILES string of the molecule is Fc1cccc2ncc(I)n12. The van der Waals surface area contributed by atoms with E-state index in [0.29, 0.717) is 5.65 Å². The van der Waals surface area contributed by atoms with E-state index in [1.807, 2.05) is 22.6 Å². The van der Waals surface area contributed by atoms with Crippen LogP contribution in [0.2, 0.25) is 0 Å². The van der Waals surface area contributed by atoms with Gasteiger partial charge >= 0.3 is 0 Å². The molecule has 2 nitrogen and oxygen atoms in total. The van der Waals surface area contributed by atoms with Gasteiger partial charge in [-0.1, -0.05) is 6.07 Å². The zero-order chi connectivity index (χ0) is 7.84. The molecule has 0 aliphatic heterocycles. The minimum atomic E-state index is -0.274. The van der Waals surface area contributed by atoms with Gasteiger partial charge in [0, 0.05) is 0 Å². The first-order valence-electron chi connectivity index (χ1n) is 3.06. The van der Waals surface area contributed by atoms with Crippen LogP contribution in [0, 0.1) is 9.65 Å². The molecule has 0 saturated heterocycles. The number of hydrogen-bond acceptors (Lipinski definition) is 1. The lowest BCUT2D eigenvalue weighted by molar-refractivity contribution is 0.564. The molecule has 0 aliphatic rings. The van der Waals surface area contributed by atoms with Gasteiger partial charge in [0.2, 0.25) is 0 Å². The van der Waals surface area contributed by atoms with E-state index in [-0.39, 0.29) is 5.95 Å². The van der Waals surface area contributed by atoms with Crippen LogP contribution in [0.25, 0.3) is 5.65 Å². The number of rotatable bonds is 0.